The van der Waals surface area contributed by atoms with E-state index in [1.54, 1.807) is 12.1 Å². The summed E-state index contributed by atoms with van der Waals surface area (Å²) in [7, 11) is -2.78. The fraction of sp³-hybridized carbons (Fsp3) is 0.130. The maximum atomic E-state index is 14.2. The molecule has 0 fully saturated rings. The standard InChI is InChI=1S/C23H21ClFN3O5S/c1-33-22-12-16(6-11-21(22)29)13-26-27-23(30)15-28(14-17-4-2-3-5-20(17)25)34(31,32)19-9-7-18(24)8-10-19/h2-13,29H,14-15H2,1H3,(H,27,30)/b26-13-. The fourth-order valence-corrected chi connectivity index (χ4v) is 4.45. The van der Waals surface area contributed by atoms with E-state index in [0.29, 0.717) is 10.6 Å². The molecule has 8 nitrogen and oxygen atoms in total. The number of methoxy groups -OCH3 is 1. The molecular weight excluding hydrogens is 485 g/mol. The molecular formula is C23H21ClFN3O5S. The van der Waals surface area contributed by atoms with E-state index in [2.05, 4.69) is 10.5 Å². The summed E-state index contributed by atoms with van der Waals surface area (Å²) in [4.78, 5) is 12.4. The van der Waals surface area contributed by atoms with Gasteiger partial charge in [0.05, 0.1) is 24.8 Å². The first kappa shape index (κ1) is 25.2. The first-order valence-corrected chi connectivity index (χ1v) is 11.7. The van der Waals surface area contributed by atoms with E-state index >= 15 is 0 Å². The van der Waals surface area contributed by atoms with Crippen molar-refractivity contribution in [2.24, 2.45) is 5.10 Å². The van der Waals surface area contributed by atoms with Crippen LogP contribution in [0.4, 0.5) is 4.39 Å². The highest BCUT2D eigenvalue weighted by Crippen LogP contribution is 2.25. The second kappa shape index (κ2) is 11.1. The van der Waals surface area contributed by atoms with Crippen molar-refractivity contribution in [1.29, 1.82) is 0 Å². The number of aromatic hydroxyl groups is 1. The first-order valence-electron chi connectivity index (χ1n) is 9.88. The average molecular weight is 506 g/mol. The van der Waals surface area contributed by atoms with Crippen LogP contribution >= 0.6 is 11.6 Å². The molecule has 3 rings (SSSR count). The van der Waals surface area contributed by atoms with Crippen molar-refractivity contribution in [3.63, 3.8) is 0 Å². The van der Waals surface area contributed by atoms with E-state index in [4.69, 9.17) is 16.3 Å². The van der Waals surface area contributed by atoms with Gasteiger partial charge in [-0.15, -0.1) is 0 Å². The van der Waals surface area contributed by atoms with Crippen LogP contribution in [0.3, 0.4) is 0 Å². The predicted octanol–water partition coefficient (Wildman–Crippen LogP) is 3.53. The van der Waals surface area contributed by atoms with E-state index in [-0.39, 0.29) is 28.5 Å². The van der Waals surface area contributed by atoms with Gasteiger partial charge in [0.25, 0.3) is 5.91 Å². The lowest BCUT2D eigenvalue weighted by Gasteiger charge is -2.21. The van der Waals surface area contributed by atoms with Crippen LogP contribution in [0.2, 0.25) is 5.02 Å². The molecule has 2 N–H and O–H groups in total. The van der Waals surface area contributed by atoms with Gasteiger partial charge in [0, 0.05) is 17.1 Å². The Morgan fingerprint density at radius 2 is 1.88 bits per heavy atom. The Balaban J connectivity index is 1.80. The van der Waals surface area contributed by atoms with Gasteiger partial charge in [-0.3, -0.25) is 4.79 Å². The Labute approximate surface area is 201 Å². The predicted molar refractivity (Wildman–Crippen MR) is 126 cm³/mol. The third-order valence-electron chi connectivity index (χ3n) is 4.68. The molecule has 0 aromatic heterocycles. The zero-order valence-electron chi connectivity index (χ0n) is 18.0. The molecule has 0 saturated heterocycles. The minimum atomic E-state index is -4.17. The van der Waals surface area contributed by atoms with Gasteiger partial charge in [0.2, 0.25) is 10.0 Å². The summed E-state index contributed by atoms with van der Waals surface area (Å²) in [6.45, 7) is -0.987. The van der Waals surface area contributed by atoms with E-state index in [9.17, 15) is 22.7 Å². The maximum Gasteiger partial charge on any atom is 0.255 e. The maximum absolute atomic E-state index is 14.2. The number of sulfonamides is 1. The van der Waals surface area contributed by atoms with Gasteiger partial charge in [-0.2, -0.15) is 9.41 Å². The zero-order chi connectivity index (χ0) is 24.7. The van der Waals surface area contributed by atoms with Gasteiger partial charge in [-0.25, -0.2) is 18.2 Å². The van der Waals surface area contributed by atoms with Gasteiger partial charge in [-0.05, 0) is 54.1 Å². The number of nitrogens with one attached hydrogen (secondary N) is 1. The lowest BCUT2D eigenvalue weighted by molar-refractivity contribution is -0.121. The molecule has 0 aliphatic rings. The monoisotopic (exact) mass is 505 g/mol. The molecule has 0 saturated carbocycles. The van der Waals surface area contributed by atoms with Gasteiger partial charge in [-0.1, -0.05) is 29.8 Å². The lowest BCUT2D eigenvalue weighted by atomic mass is 10.2. The van der Waals surface area contributed by atoms with E-state index in [1.165, 1.54) is 67.9 Å². The second-order valence-electron chi connectivity index (χ2n) is 7.04. The van der Waals surface area contributed by atoms with Crippen LogP contribution in [0.5, 0.6) is 11.5 Å². The number of carbonyl (C=O) groups is 1. The van der Waals surface area contributed by atoms with Gasteiger partial charge in [0.1, 0.15) is 5.82 Å². The average Bonchev–Trinajstić information content (AvgIpc) is 2.81. The Morgan fingerprint density at radius 3 is 2.56 bits per heavy atom. The molecule has 0 unspecified atom stereocenters. The van der Waals surface area contributed by atoms with Crippen LogP contribution in [0.25, 0.3) is 0 Å². The molecule has 0 aliphatic carbocycles. The van der Waals surface area contributed by atoms with Crippen LogP contribution in [0, 0.1) is 5.82 Å². The van der Waals surface area contributed by atoms with E-state index in [1.807, 2.05) is 0 Å². The molecule has 0 heterocycles. The Hall–Kier alpha value is -3.47. The number of benzene rings is 3. The number of ether oxygens (including phenoxy) is 1. The van der Waals surface area contributed by atoms with Crippen LogP contribution < -0.4 is 10.2 Å². The number of carbonyl (C=O) groups excluding carboxylic acids is 1. The summed E-state index contributed by atoms with van der Waals surface area (Å²) >= 11 is 5.85. The Morgan fingerprint density at radius 1 is 1.18 bits per heavy atom. The minimum absolute atomic E-state index is 0.0557. The number of halogens is 2. The third-order valence-corrected chi connectivity index (χ3v) is 6.74. The van der Waals surface area contributed by atoms with E-state index < -0.39 is 28.3 Å². The number of hydrazone groups is 1. The van der Waals surface area contributed by atoms with Crippen molar-refractivity contribution < 1.29 is 27.4 Å². The molecule has 0 atom stereocenters. The zero-order valence-corrected chi connectivity index (χ0v) is 19.6. The lowest BCUT2D eigenvalue weighted by Crippen LogP contribution is -2.39. The normalized spacial score (nSPS) is 11.6. The Kier molecular flexibility index (Phi) is 8.21. The highest BCUT2D eigenvalue weighted by atomic mass is 35.5. The number of nitrogens with zero attached hydrogens (tertiary/aromatic N) is 2. The van der Waals surface area contributed by atoms with Crippen molar-refractivity contribution in [3.8, 4) is 11.5 Å². The summed E-state index contributed by atoms with van der Waals surface area (Å²) in [5, 5.41) is 13.8. The molecule has 0 bridgehead atoms. The van der Waals surface area contributed by atoms with Crippen molar-refractivity contribution in [2.45, 2.75) is 11.4 Å². The molecule has 3 aromatic rings. The summed E-state index contributed by atoms with van der Waals surface area (Å²) in [5.74, 6) is -1.17. The van der Waals surface area contributed by atoms with Crippen molar-refractivity contribution >= 4 is 33.7 Å². The fourth-order valence-electron chi connectivity index (χ4n) is 2.95. The highest BCUT2D eigenvalue weighted by Gasteiger charge is 2.27. The summed E-state index contributed by atoms with van der Waals surface area (Å²) in [6.07, 6.45) is 1.30. The van der Waals surface area contributed by atoms with E-state index in [0.717, 1.165) is 4.31 Å². The van der Waals surface area contributed by atoms with Gasteiger partial charge >= 0.3 is 0 Å². The smallest absolute Gasteiger partial charge is 0.255 e. The summed E-state index contributed by atoms with van der Waals surface area (Å²) in [6, 6.07) is 15.6. The van der Waals surface area contributed by atoms with Crippen LogP contribution in [0.15, 0.2) is 76.7 Å². The number of phenols is 1. The molecule has 0 spiro atoms. The molecule has 34 heavy (non-hydrogen) atoms. The van der Waals surface area contributed by atoms with Crippen LogP contribution in [-0.4, -0.2) is 43.6 Å². The number of phenolic OH excluding ortho intramolecular Hbond substituents is 1. The van der Waals surface area contributed by atoms with Gasteiger partial charge in [0.15, 0.2) is 11.5 Å². The molecule has 11 heteroatoms. The number of hydrogen-bond acceptors (Lipinski definition) is 6. The number of hydrogen-bond donors (Lipinski definition) is 2. The minimum Gasteiger partial charge on any atom is -0.504 e. The molecule has 0 aliphatic heterocycles. The second-order valence-corrected chi connectivity index (χ2v) is 9.42. The number of amides is 1. The summed E-state index contributed by atoms with van der Waals surface area (Å²) in [5.41, 5.74) is 2.88. The van der Waals surface area contributed by atoms with Crippen LogP contribution in [-0.2, 0) is 21.4 Å². The van der Waals surface area contributed by atoms with Crippen LogP contribution in [0.1, 0.15) is 11.1 Å². The molecule has 1 amide bonds. The van der Waals surface area contributed by atoms with Crippen molar-refractivity contribution in [2.75, 3.05) is 13.7 Å². The quantitative estimate of drug-likeness (QED) is 0.341. The first-order chi connectivity index (χ1) is 16.2. The summed E-state index contributed by atoms with van der Waals surface area (Å²) < 4.78 is 46.5. The van der Waals surface area contributed by atoms with Crippen molar-refractivity contribution in [1.82, 2.24) is 9.73 Å². The highest BCUT2D eigenvalue weighted by molar-refractivity contribution is 7.89. The molecule has 3 aromatic carbocycles. The SMILES string of the molecule is COc1cc(/C=N\NC(=O)CN(Cc2ccccc2F)S(=O)(=O)c2ccc(Cl)cc2)ccc1O. The molecule has 0 radical (unpaired) electrons. The topological polar surface area (TPSA) is 108 Å². The largest absolute Gasteiger partial charge is 0.504 e. The van der Waals surface area contributed by atoms with Crippen molar-refractivity contribution in [3.05, 3.63) is 88.7 Å². The number of rotatable bonds is 9. The molecule has 178 valence electrons. The Bertz CT molecular complexity index is 1300. The van der Waals surface area contributed by atoms with Gasteiger partial charge < -0.3 is 9.84 Å². The third kappa shape index (κ3) is 6.31.